The maximum atomic E-state index is 13.5. The Bertz CT molecular complexity index is 1200. The number of hydrogen-bond donors (Lipinski definition) is 1. The SMILES string of the molecule is CCOc1ccc(S(=O)(=O)N2C[C@H](C(=O)NCCc3ccccc3)Oc3ccccc32)cc1. The number of ether oxygens (including phenoxy) is 2. The van der Waals surface area contributed by atoms with Gasteiger partial charge in [0.1, 0.15) is 11.5 Å². The molecule has 1 amide bonds. The average molecular weight is 467 g/mol. The fourth-order valence-corrected chi connectivity index (χ4v) is 5.13. The first-order chi connectivity index (χ1) is 16.0. The molecule has 7 nitrogen and oxygen atoms in total. The first-order valence-corrected chi connectivity index (χ1v) is 12.3. The lowest BCUT2D eigenvalue weighted by molar-refractivity contribution is -0.127. The van der Waals surface area contributed by atoms with Crippen molar-refractivity contribution < 1.29 is 22.7 Å². The molecule has 3 aromatic carbocycles. The first-order valence-electron chi connectivity index (χ1n) is 10.8. The third-order valence-electron chi connectivity index (χ3n) is 5.31. The molecule has 0 aromatic heterocycles. The Balaban J connectivity index is 1.53. The highest BCUT2D eigenvalue weighted by Gasteiger charge is 2.37. The zero-order valence-corrected chi connectivity index (χ0v) is 19.1. The van der Waals surface area contributed by atoms with Crippen molar-refractivity contribution in [2.75, 3.05) is 24.0 Å². The number of rotatable bonds is 8. The number of hydrogen-bond acceptors (Lipinski definition) is 5. The van der Waals surface area contributed by atoms with Crippen molar-refractivity contribution in [3.05, 3.63) is 84.4 Å². The van der Waals surface area contributed by atoms with Crippen LogP contribution in [-0.4, -0.2) is 40.1 Å². The topological polar surface area (TPSA) is 84.9 Å². The predicted octanol–water partition coefficient (Wildman–Crippen LogP) is 3.40. The molecule has 0 fully saturated rings. The maximum Gasteiger partial charge on any atom is 0.264 e. The van der Waals surface area contributed by atoms with Gasteiger partial charge >= 0.3 is 0 Å². The standard InChI is InChI=1S/C25H26N2O5S/c1-2-31-20-12-14-21(15-13-20)33(29,30)27-18-24(32-23-11-7-6-10-22(23)27)25(28)26-17-16-19-8-4-3-5-9-19/h3-15,24H,2,16-18H2,1H3,(H,26,28)/t24-/m1/s1. The van der Waals surface area contributed by atoms with E-state index in [4.69, 9.17) is 9.47 Å². The highest BCUT2D eigenvalue weighted by atomic mass is 32.2. The molecule has 33 heavy (non-hydrogen) atoms. The van der Waals surface area contributed by atoms with Gasteiger partial charge in [-0.05, 0) is 55.3 Å². The Morgan fingerprint density at radius 3 is 2.45 bits per heavy atom. The Morgan fingerprint density at radius 1 is 1.03 bits per heavy atom. The third kappa shape index (κ3) is 5.12. The molecule has 1 aliphatic heterocycles. The predicted molar refractivity (Wildman–Crippen MR) is 126 cm³/mol. The minimum Gasteiger partial charge on any atom is -0.494 e. The molecule has 1 aliphatic rings. The molecular weight excluding hydrogens is 440 g/mol. The molecule has 1 atom stereocenters. The number of benzene rings is 3. The lowest BCUT2D eigenvalue weighted by atomic mass is 10.1. The first kappa shape index (κ1) is 22.7. The van der Waals surface area contributed by atoms with Crippen molar-refractivity contribution >= 4 is 21.6 Å². The van der Waals surface area contributed by atoms with Gasteiger partial charge in [-0.3, -0.25) is 9.10 Å². The van der Waals surface area contributed by atoms with Crippen LogP contribution in [0.2, 0.25) is 0 Å². The van der Waals surface area contributed by atoms with Crippen LogP contribution in [0.4, 0.5) is 5.69 Å². The fraction of sp³-hybridized carbons (Fsp3) is 0.240. The van der Waals surface area contributed by atoms with Crippen molar-refractivity contribution in [3.8, 4) is 11.5 Å². The van der Waals surface area contributed by atoms with Gasteiger partial charge in [-0.15, -0.1) is 0 Å². The van der Waals surface area contributed by atoms with Crippen molar-refractivity contribution in [2.24, 2.45) is 0 Å². The minimum atomic E-state index is -3.92. The van der Waals surface area contributed by atoms with Crippen molar-refractivity contribution in [3.63, 3.8) is 0 Å². The Labute approximate surface area is 194 Å². The molecule has 4 rings (SSSR count). The van der Waals surface area contributed by atoms with Gasteiger partial charge in [0.2, 0.25) is 0 Å². The summed E-state index contributed by atoms with van der Waals surface area (Å²) in [5.41, 5.74) is 1.51. The summed E-state index contributed by atoms with van der Waals surface area (Å²) in [6.07, 6.45) is -0.294. The van der Waals surface area contributed by atoms with Gasteiger partial charge in [0.15, 0.2) is 6.10 Å². The van der Waals surface area contributed by atoms with Gasteiger partial charge in [-0.1, -0.05) is 42.5 Å². The zero-order valence-electron chi connectivity index (χ0n) is 18.3. The highest BCUT2D eigenvalue weighted by molar-refractivity contribution is 7.92. The van der Waals surface area contributed by atoms with Gasteiger partial charge in [-0.2, -0.15) is 0 Å². The lowest BCUT2D eigenvalue weighted by Gasteiger charge is -2.34. The third-order valence-corrected chi connectivity index (χ3v) is 7.10. The van der Waals surface area contributed by atoms with E-state index in [2.05, 4.69) is 5.32 Å². The number of nitrogens with one attached hydrogen (secondary N) is 1. The summed E-state index contributed by atoms with van der Waals surface area (Å²) in [5, 5.41) is 2.86. The van der Waals surface area contributed by atoms with E-state index >= 15 is 0 Å². The number of sulfonamides is 1. The molecule has 0 spiro atoms. The minimum absolute atomic E-state index is 0.117. The molecule has 3 aromatic rings. The molecule has 0 unspecified atom stereocenters. The molecule has 0 aliphatic carbocycles. The van der Waals surface area contributed by atoms with Crippen molar-refractivity contribution in [1.29, 1.82) is 0 Å². The zero-order chi connectivity index (χ0) is 23.3. The molecule has 0 bridgehead atoms. The molecule has 0 saturated carbocycles. The fourth-order valence-electron chi connectivity index (χ4n) is 3.66. The lowest BCUT2D eigenvalue weighted by Crippen LogP contribution is -2.51. The second kappa shape index (κ2) is 9.95. The number of anilines is 1. The van der Waals surface area contributed by atoms with Crippen LogP contribution in [0, 0.1) is 0 Å². The Morgan fingerprint density at radius 2 is 1.73 bits per heavy atom. The molecule has 0 saturated heterocycles. The van der Waals surface area contributed by atoms with Gasteiger partial charge < -0.3 is 14.8 Å². The van der Waals surface area contributed by atoms with Crippen LogP contribution in [0.3, 0.4) is 0 Å². The number of nitrogens with zero attached hydrogens (tertiary/aromatic N) is 1. The number of carbonyl (C=O) groups excluding carboxylic acids is 1. The van der Waals surface area contributed by atoms with E-state index in [0.29, 0.717) is 36.8 Å². The highest BCUT2D eigenvalue weighted by Crippen LogP contribution is 2.37. The summed E-state index contributed by atoms with van der Waals surface area (Å²) in [4.78, 5) is 13.0. The van der Waals surface area contributed by atoms with Gasteiger partial charge in [0, 0.05) is 6.54 Å². The van der Waals surface area contributed by atoms with Gasteiger partial charge in [0.05, 0.1) is 23.7 Å². The average Bonchev–Trinajstić information content (AvgIpc) is 2.84. The maximum absolute atomic E-state index is 13.5. The number of carbonyl (C=O) groups is 1. The summed E-state index contributed by atoms with van der Waals surface area (Å²) >= 11 is 0. The molecule has 1 N–H and O–H groups in total. The van der Waals surface area contributed by atoms with E-state index in [1.807, 2.05) is 37.3 Å². The van der Waals surface area contributed by atoms with Gasteiger partial charge in [0.25, 0.3) is 15.9 Å². The monoisotopic (exact) mass is 466 g/mol. The van der Waals surface area contributed by atoms with E-state index in [9.17, 15) is 13.2 Å². The van der Waals surface area contributed by atoms with E-state index in [0.717, 1.165) is 5.56 Å². The van der Waals surface area contributed by atoms with Crippen LogP contribution in [0.1, 0.15) is 12.5 Å². The molecular formula is C25H26N2O5S. The second-order valence-electron chi connectivity index (χ2n) is 7.54. The van der Waals surface area contributed by atoms with Crippen LogP contribution in [0.15, 0.2) is 83.8 Å². The summed E-state index contributed by atoms with van der Waals surface area (Å²) in [6, 6.07) is 22.9. The van der Waals surface area contributed by atoms with E-state index in [1.165, 1.54) is 16.4 Å². The van der Waals surface area contributed by atoms with E-state index < -0.39 is 16.1 Å². The molecule has 8 heteroatoms. The summed E-state index contributed by atoms with van der Waals surface area (Å²) in [5.74, 6) is 0.586. The smallest absolute Gasteiger partial charge is 0.264 e. The molecule has 1 heterocycles. The van der Waals surface area contributed by atoms with E-state index in [1.54, 1.807) is 36.4 Å². The van der Waals surface area contributed by atoms with Crippen LogP contribution >= 0.6 is 0 Å². The van der Waals surface area contributed by atoms with E-state index in [-0.39, 0.29) is 17.3 Å². The van der Waals surface area contributed by atoms with Crippen LogP contribution in [0.25, 0.3) is 0 Å². The quantitative estimate of drug-likeness (QED) is 0.550. The van der Waals surface area contributed by atoms with Crippen molar-refractivity contribution in [2.45, 2.75) is 24.3 Å². The van der Waals surface area contributed by atoms with Gasteiger partial charge in [-0.25, -0.2) is 8.42 Å². The van der Waals surface area contributed by atoms with Crippen molar-refractivity contribution in [1.82, 2.24) is 5.32 Å². The molecule has 172 valence electrons. The Kier molecular flexibility index (Phi) is 6.84. The normalized spacial score (nSPS) is 15.3. The molecule has 0 radical (unpaired) electrons. The number of para-hydroxylation sites is 2. The van der Waals surface area contributed by atoms with Crippen LogP contribution < -0.4 is 19.1 Å². The largest absolute Gasteiger partial charge is 0.494 e. The summed E-state index contributed by atoms with van der Waals surface area (Å²) in [7, 11) is -3.92. The summed E-state index contributed by atoms with van der Waals surface area (Å²) < 4.78 is 39.5. The summed E-state index contributed by atoms with van der Waals surface area (Å²) in [6.45, 7) is 2.66. The second-order valence-corrected chi connectivity index (χ2v) is 9.40. The Hall–Kier alpha value is -3.52. The number of fused-ring (bicyclic) bond motifs is 1. The van der Waals surface area contributed by atoms with Crippen LogP contribution in [-0.2, 0) is 21.2 Å². The number of amides is 1. The van der Waals surface area contributed by atoms with Crippen LogP contribution in [0.5, 0.6) is 11.5 Å².